The summed E-state index contributed by atoms with van der Waals surface area (Å²) >= 11 is 0. The van der Waals surface area contributed by atoms with Crippen LogP contribution in [-0.2, 0) is 4.84 Å². The van der Waals surface area contributed by atoms with E-state index < -0.39 is 0 Å². The summed E-state index contributed by atoms with van der Waals surface area (Å²) in [6.45, 7) is 4.70. The molecule has 16 heavy (non-hydrogen) atoms. The zero-order valence-corrected chi connectivity index (χ0v) is 9.41. The van der Waals surface area contributed by atoms with Gasteiger partial charge in [-0.15, -0.1) is 0 Å². The van der Waals surface area contributed by atoms with E-state index in [9.17, 15) is 0 Å². The van der Waals surface area contributed by atoms with Crippen molar-refractivity contribution in [3.8, 4) is 11.8 Å². The molecule has 0 amide bonds. The maximum absolute atomic E-state index is 8.86. The van der Waals surface area contributed by atoms with Gasteiger partial charge >= 0.3 is 0 Å². The first-order valence-corrected chi connectivity index (χ1v) is 5.07. The third kappa shape index (κ3) is 2.78. The van der Waals surface area contributed by atoms with Crippen LogP contribution in [0.1, 0.15) is 19.4 Å². The fourth-order valence-electron chi connectivity index (χ4n) is 1.20. The average Bonchev–Trinajstić information content (AvgIpc) is 2.30. The van der Waals surface area contributed by atoms with Crippen LogP contribution >= 0.6 is 0 Å². The van der Waals surface area contributed by atoms with E-state index in [-0.39, 0.29) is 0 Å². The number of hydrogen-bond acceptors (Lipinski definition) is 5. The number of nitriles is 1. The Kier molecular flexibility index (Phi) is 4.42. The number of ether oxygens (including phenoxy) is 1. The highest BCUT2D eigenvalue weighted by Gasteiger charge is 2.09. The molecule has 0 aromatic heterocycles. The van der Waals surface area contributed by atoms with E-state index >= 15 is 0 Å². The summed E-state index contributed by atoms with van der Waals surface area (Å²) in [6, 6.07) is 5.26. The molecule has 0 heterocycles. The number of hydrogen-bond donors (Lipinski definition) is 2. The standard InChI is InChI=1S/C11H15N3O2/c1-3-15-10-6-8(7-12)5-9(11(10)13)14-16-4-2/h5-6,14H,3-4,13H2,1-2H3. The Hall–Kier alpha value is -1.93. The Bertz CT molecular complexity index is 399. The van der Waals surface area contributed by atoms with Crippen molar-refractivity contribution >= 4 is 11.4 Å². The fourth-order valence-corrected chi connectivity index (χ4v) is 1.20. The maximum Gasteiger partial charge on any atom is 0.145 e. The van der Waals surface area contributed by atoms with Gasteiger partial charge in [0.25, 0.3) is 0 Å². The van der Waals surface area contributed by atoms with Gasteiger partial charge in [0, 0.05) is 6.07 Å². The van der Waals surface area contributed by atoms with Gasteiger partial charge in [-0.05, 0) is 19.9 Å². The highest BCUT2D eigenvalue weighted by molar-refractivity contribution is 5.74. The minimum absolute atomic E-state index is 0.439. The van der Waals surface area contributed by atoms with E-state index in [0.29, 0.717) is 35.9 Å². The highest BCUT2D eigenvalue weighted by Crippen LogP contribution is 2.31. The molecule has 1 aromatic carbocycles. The van der Waals surface area contributed by atoms with Gasteiger partial charge in [-0.3, -0.25) is 10.3 Å². The number of nitrogen functional groups attached to an aromatic ring is 1. The van der Waals surface area contributed by atoms with Crippen molar-refractivity contribution < 1.29 is 9.57 Å². The lowest BCUT2D eigenvalue weighted by Gasteiger charge is -2.13. The van der Waals surface area contributed by atoms with E-state index in [0.717, 1.165) is 0 Å². The SMILES string of the molecule is CCONc1cc(C#N)cc(OCC)c1N. The molecule has 0 aliphatic carbocycles. The summed E-state index contributed by atoms with van der Waals surface area (Å²) in [6.07, 6.45) is 0. The lowest BCUT2D eigenvalue weighted by atomic mass is 10.1. The highest BCUT2D eigenvalue weighted by atomic mass is 16.6. The number of anilines is 2. The third-order valence-electron chi connectivity index (χ3n) is 1.90. The monoisotopic (exact) mass is 221 g/mol. The third-order valence-corrected chi connectivity index (χ3v) is 1.90. The van der Waals surface area contributed by atoms with E-state index in [2.05, 4.69) is 5.48 Å². The molecule has 0 aliphatic rings. The summed E-state index contributed by atoms with van der Waals surface area (Å²) in [5.41, 5.74) is 9.99. The van der Waals surface area contributed by atoms with Gasteiger partial charge in [-0.1, -0.05) is 0 Å². The molecule has 0 fully saturated rings. The van der Waals surface area contributed by atoms with Crippen molar-refractivity contribution in [2.24, 2.45) is 0 Å². The number of benzene rings is 1. The van der Waals surface area contributed by atoms with Crippen molar-refractivity contribution in [3.05, 3.63) is 17.7 Å². The van der Waals surface area contributed by atoms with Crippen LogP contribution in [-0.4, -0.2) is 13.2 Å². The molecule has 3 N–H and O–H groups in total. The van der Waals surface area contributed by atoms with Crippen molar-refractivity contribution in [1.82, 2.24) is 0 Å². The predicted molar refractivity (Wildman–Crippen MR) is 62.0 cm³/mol. The van der Waals surface area contributed by atoms with Crippen LogP contribution in [0, 0.1) is 11.3 Å². The molecule has 0 atom stereocenters. The van der Waals surface area contributed by atoms with Crippen LogP contribution < -0.4 is 16.0 Å². The Morgan fingerprint density at radius 2 is 2.12 bits per heavy atom. The van der Waals surface area contributed by atoms with Crippen LogP contribution in [0.15, 0.2) is 12.1 Å². The second-order valence-electron chi connectivity index (χ2n) is 3.02. The van der Waals surface area contributed by atoms with Crippen molar-refractivity contribution in [1.29, 1.82) is 5.26 Å². The molecular formula is C11H15N3O2. The first kappa shape index (κ1) is 12.1. The second kappa shape index (κ2) is 5.83. The van der Waals surface area contributed by atoms with Crippen LogP contribution in [0.25, 0.3) is 0 Å². The van der Waals surface area contributed by atoms with E-state index in [1.54, 1.807) is 12.1 Å². The van der Waals surface area contributed by atoms with Crippen molar-refractivity contribution in [2.45, 2.75) is 13.8 Å². The number of nitrogens with zero attached hydrogens (tertiary/aromatic N) is 1. The quantitative estimate of drug-likeness (QED) is 0.586. The maximum atomic E-state index is 8.86. The number of rotatable bonds is 5. The molecule has 0 aliphatic heterocycles. The van der Waals surface area contributed by atoms with Crippen molar-refractivity contribution in [2.75, 3.05) is 24.4 Å². The van der Waals surface area contributed by atoms with Crippen LogP contribution in [0.3, 0.4) is 0 Å². The van der Waals surface area contributed by atoms with Gasteiger partial charge in [-0.25, -0.2) is 0 Å². The molecule has 86 valence electrons. The molecule has 0 saturated heterocycles. The zero-order valence-electron chi connectivity index (χ0n) is 9.41. The smallest absolute Gasteiger partial charge is 0.145 e. The molecule has 0 unspecified atom stereocenters. The number of nitrogens with two attached hydrogens (primary N) is 1. The van der Waals surface area contributed by atoms with Crippen LogP contribution in [0.4, 0.5) is 11.4 Å². The minimum Gasteiger partial charge on any atom is -0.492 e. The van der Waals surface area contributed by atoms with Gasteiger partial charge in [0.15, 0.2) is 0 Å². The van der Waals surface area contributed by atoms with Gasteiger partial charge in [0.1, 0.15) is 11.4 Å². The molecule has 0 bridgehead atoms. The molecule has 5 heteroatoms. The summed E-state index contributed by atoms with van der Waals surface area (Å²) in [5, 5.41) is 8.86. The summed E-state index contributed by atoms with van der Waals surface area (Å²) < 4.78 is 5.33. The van der Waals surface area contributed by atoms with Gasteiger partial charge in [-0.2, -0.15) is 5.26 Å². The minimum atomic E-state index is 0.439. The largest absolute Gasteiger partial charge is 0.492 e. The summed E-state index contributed by atoms with van der Waals surface area (Å²) in [7, 11) is 0. The lowest BCUT2D eigenvalue weighted by Crippen LogP contribution is -2.06. The molecular weight excluding hydrogens is 206 g/mol. The lowest BCUT2D eigenvalue weighted by molar-refractivity contribution is 0.210. The molecule has 0 saturated carbocycles. The van der Waals surface area contributed by atoms with E-state index in [4.69, 9.17) is 20.6 Å². The fraction of sp³-hybridized carbons (Fsp3) is 0.364. The molecule has 5 nitrogen and oxygen atoms in total. The van der Waals surface area contributed by atoms with Gasteiger partial charge in [0.05, 0.1) is 30.5 Å². The Balaban J connectivity index is 3.05. The number of nitrogens with one attached hydrogen (secondary N) is 1. The Labute approximate surface area is 94.7 Å². The first-order chi connectivity index (χ1) is 7.72. The normalized spacial score (nSPS) is 9.56. The Morgan fingerprint density at radius 3 is 2.69 bits per heavy atom. The van der Waals surface area contributed by atoms with Gasteiger partial charge in [0.2, 0.25) is 0 Å². The van der Waals surface area contributed by atoms with Gasteiger partial charge < -0.3 is 10.5 Å². The molecule has 0 radical (unpaired) electrons. The van der Waals surface area contributed by atoms with Crippen molar-refractivity contribution in [3.63, 3.8) is 0 Å². The summed E-state index contributed by atoms with van der Waals surface area (Å²) in [5.74, 6) is 0.490. The predicted octanol–water partition coefficient (Wildman–Crippen LogP) is 1.90. The van der Waals surface area contributed by atoms with E-state index in [1.807, 2.05) is 19.9 Å². The summed E-state index contributed by atoms with van der Waals surface area (Å²) in [4.78, 5) is 5.04. The molecule has 1 aromatic rings. The average molecular weight is 221 g/mol. The second-order valence-corrected chi connectivity index (χ2v) is 3.02. The van der Waals surface area contributed by atoms with E-state index in [1.165, 1.54) is 0 Å². The Morgan fingerprint density at radius 1 is 1.38 bits per heavy atom. The molecule has 1 rings (SSSR count). The van der Waals surface area contributed by atoms with Crippen LogP contribution in [0.2, 0.25) is 0 Å². The zero-order chi connectivity index (χ0) is 12.0. The first-order valence-electron chi connectivity index (χ1n) is 5.07. The molecule has 0 spiro atoms. The van der Waals surface area contributed by atoms with Crippen LogP contribution in [0.5, 0.6) is 5.75 Å². The topological polar surface area (TPSA) is 80.3 Å².